The van der Waals surface area contributed by atoms with E-state index in [9.17, 15) is 4.79 Å². The third-order valence-corrected chi connectivity index (χ3v) is 5.24. The summed E-state index contributed by atoms with van der Waals surface area (Å²) in [6, 6.07) is 15.5. The van der Waals surface area contributed by atoms with Crippen LogP contribution in [0, 0.1) is 13.8 Å². The van der Waals surface area contributed by atoms with E-state index >= 15 is 0 Å². The van der Waals surface area contributed by atoms with Crippen LogP contribution in [-0.2, 0) is 6.42 Å². The number of benzene rings is 2. The lowest BCUT2D eigenvalue weighted by molar-refractivity contribution is 0.0657. The fourth-order valence-corrected chi connectivity index (χ4v) is 3.84. The molecule has 0 aliphatic heterocycles. The minimum Gasteiger partial charge on any atom is -0.329 e. The lowest BCUT2D eigenvalue weighted by Gasteiger charge is -2.30. The van der Waals surface area contributed by atoms with Crippen molar-refractivity contribution in [1.29, 1.82) is 0 Å². The highest BCUT2D eigenvalue weighted by atomic mass is 16.2. The van der Waals surface area contributed by atoms with Gasteiger partial charge in [0.05, 0.1) is 6.04 Å². The average Bonchev–Trinajstić information content (AvgIpc) is 3.30. The van der Waals surface area contributed by atoms with Gasteiger partial charge in [-0.2, -0.15) is 0 Å². The first-order valence-corrected chi connectivity index (χ1v) is 8.63. The van der Waals surface area contributed by atoms with Crippen molar-refractivity contribution in [2.75, 3.05) is 0 Å². The van der Waals surface area contributed by atoms with Crippen molar-refractivity contribution in [3.63, 3.8) is 0 Å². The van der Waals surface area contributed by atoms with Gasteiger partial charge >= 0.3 is 0 Å². The van der Waals surface area contributed by atoms with Gasteiger partial charge in [0.1, 0.15) is 0 Å². The Kier molecular flexibility index (Phi) is 3.48. The zero-order valence-electron chi connectivity index (χ0n) is 13.9. The Bertz CT molecular complexity index is 760. The number of hydrogen-bond acceptors (Lipinski definition) is 1. The molecule has 2 heteroatoms. The van der Waals surface area contributed by atoms with E-state index in [1.165, 1.54) is 11.1 Å². The summed E-state index contributed by atoms with van der Waals surface area (Å²) in [5, 5.41) is 0. The zero-order chi connectivity index (χ0) is 16.0. The predicted molar refractivity (Wildman–Crippen MR) is 92.6 cm³/mol. The van der Waals surface area contributed by atoms with Crippen molar-refractivity contribution in [2.45, 2.75) is 51.6 Å². The van der Waals surface area contributed by atoms with Gasteiger partial charge in [-0.25, -0.2) is 0 Å². The van der Waals surface area contributed by atoms with Crippen molar-refractivity contribution in [3.05, 3.63) is 70.3 Å². The number of nitrogens with zero attached hydrogens (tertiary/aromatic N) is 1. The number of fused-ring (bicyclic) bond motifs is 1. The van der Waals surface area contributed by atoms with Gasteiger partial charge < -0.3 is 4.90 Å². The molecule has 0 radical (unpaired) electrons. The quantitative estimate of drug-likeness (QED) is 0.812. The first kappa shape index (κ1) is 14.5. The van der Waals surface area contributed by atoms with Crippen LogP contribution in [0.15, 0.2) is 42.5 Å². The molecule has 0 spiro atoms. The summed E-state index contributed by atoms with van der Waals surface area (Å²) in [6.45, 7) is 4.10. The molecule has 1 saturated carbocycles. The van der Waals surface area contributed by atoms with Gasteiger partial charge in [0.25, 0.3) is 5.91 Å². The van der Waals surface area contributed by atoms with E-state index in [2.05, 4.69) is 48.2 Å². The van der Waals surface area contributed by atoms with Gasteiger partial charge in [0, 0.05) is 11.6 Å². The van der Waals surface area contributed by atoms with E-state index in [4.69, 9.17) is 0 Å². The van der Waals surface area contributed by atoms with Crippen LogP contribution in [0.4, 0.5) is 0 Å². The highest BCUT2D eigenvalue weighted by molar-refractivity contribution is 5.96. The Balaban J connectivity index is 1.72. The van der Waals surface area contributed by atoms with Crippen LogP contribution in [0.5, 0.6) is 0 Å². The minimum absolute atomic E-state index is 0.218. The summed E-state index contributed by atoms with van der Waals surface area (Å²) in [5.74, 6) is 0.218. The Hall–Kier alpha value is -2.09. The van der Waals surface area contributed by atoms with E-state index < -0.39 is 0 Å². The van der Waals surface area contributed by atoms with Crippen molar-refractivity contribution in [3.8, 4) is 0 Å². The van der Waals surface area contributed by atoms with Crippen LogP contribution in [0.2, 0.25) is 0 Å². The number of aryl methyl sites for hydroxylation is 3. The summed E-state index contributed by atoms with van der Waals surface area (Å²) < 4.78 is 0. The van der Waals surface area contributed by atoms with Crippen molar-refractivity contribution < 1.29 is 4.79 Å². The van der Waals surface area contributed by atoms with Crippen molar-refractivity contribution in [2.24, 2.45) is 0 Å². The molecular weight excluding hydrogens is 282 g/mol. The Labute approximate surface area is 138 Å². The molecule has 1 atom stereocenters. The lowest BCUT2D eigenvalue weighted by Crippen LogP contribution is -2.36. The first-order valence-electron chi connectivity index (χ1n) is 8.63. The average molecular weight is 305 g/mol. The van der Waals surface area contributed by atoms with Crippen LogP contribution in [0.3, 0.4) is 0 Å². The SMILES string of the molecule is Cc1ccc(C)c(C(=O)N(C2CC2)C2CCc3ccccc32)c1. The second-order valence-electron chi connectivity index (χ2n) is 7.02. The summed E-state index contributed by atoms with van der Waals surface area (Å²) in [6.07, 6.45) is 4.45. The van der Waals surface area contributed by atoms with Gasteiger partial charge in [-0.05, 0) is 62.3 Å². The van der Waals surface area contributed by atoms with E-state index in [-0.39, 0.29) is 11.9 Å². The maximum absolute atomic E-state index is 13.3. The second-order valence-corrected chi connectivity index (χ2v) is 7.02. The van der Waals surface area contributed by atoms with Crippen LogP contribution in [0.1, 0.15) is 57.9 Å². The minimum atomic E-state index is 0.218. The molecule has 0 aromatic heterocycles. The highest BCUT2D eigenvalue weighted by Gasteiger charge is 2.40. The molecule has 0 saturated heterocycles. The van der Waals surface area contributed by atoms with Gasteiger partial charge in [0.2, 0.25) is 0 Å². The number of carbonyl (C=O) groups excluding carboxylic acids is 1. The second kappa shape index (κ2) is 5.52. The van der Waals surface area contributed by atoms with E-state index in [0.29, 0.717) is 6.04 Å². The molecule has 0 bridgehead atoms. The summed E-state index contributed by atoms with van der Waals surface area (Å²) in [7, 11) is 0. The molecule has 2 aliphatic carbocycles. The number of carbonyl (C=O) groups is 1. The van der Waals surface area contributed by atoms with Gasteiger partial charge in [0.15, 0.2) is 0 Å². The van der Waals surface area contributed by atoms with Crippen molar-refractivity contribution in [1.82, 2.24) is 4.90 Å². The lowest BCUT2D eigenvalue weighted by atomic mass is 10.0. The normalized spacial score (nSPS) is 19.5. The summed E-state index contributed by atoms with van der Waals surface area (Å²) in [4.78, 5) is 15.5. The van der Waals surface area contributed by atoms with Gasteiger partial charge in [-0.3, -0.25) is 4.79 Å². The van der Waals surface area contributed by atoms with Crippen LogP contribution >= 0.6 is 0 Å². The zero-order valence-corrected chi connectivity index (χ0v) is 13.9. The molecule has 1 amide bonds. The molecule has 4 rings (SSSR count). The maximum Gasteiger partial charge on any atom is 0.254 e. The fourth-order valence-electron chi connectivity index (χ4n) is 3.84. The molecule has 0 N–H and O–H groups in total. The number of hydrogen-bond donors (Lipinski definition) is 0. The summed E-state index contributed by atoms with van der Waals surface area (Å²) >= 11 is 0. The van der Waals surface area contributed by atoms with Gasteiger partial charge in [-0.1, -0.05) is 42.0 Å². The molecule has 1 unspecified atom stereocenters. The maximum atomic E-state index is 13.3. The van der Waals surface area contributed by atoms with E-state index in [1.54, 1.807) is 0 Å². The third kappa shape index (κ3) is 2.56. The molecule has 2 aromatic carbocycles. The number of amides is 1. The highest BCUT2D eigenvalue weighted by Crippen LogP contribution is 2.42. The smallest absolute Gasteiger partial charge is 0.254 e. The van der Waals surface area contributed by atoms with Crippen molar-refractivity contribution >= 4 is 5.91 Å². The van der Waals surface area contributed by atoms with Crippen LogP contribution in [0.25, 0.3) is 0 Å². The molecule has 2 nitrogen and oxygen atoms in total. The fraction of sp³-hybridized carbons (Fsp3) is 0.381. The number of rotatable bonds is 3. The molecule has 118 valence electrons. The Morgan fingerprint density at radius 1 is 1.04 bits per heavy atom. The molecule has 0 heterocycles. The standard InChI is InChI=1S/C21H23NO/c1-14-7-8-15(2)19(13-14)21(23)22(17-10-11-17)20-12-9-16-5-3-4-6-18(16)20/h3-8,13,17,20H,9-12H2,1-2H3. The topological polar surface area (TPSA) is 20.3 Å². The predicted octanol–water partition coefficient (Wildman–Crippen LogP) is 4.60. The Morgan fingerprint density at radius 3 is 2.61 bits per heavy atom. The molecular formula is C21H23NO. The molecule has 1 fully saturated rings. The van der Waals surface area contributed by atoms with Crippen LogP contribution < -0.4 is 0 Å². The van der Waals surface area contributed by atoms with Gasteiger partial charge in [-0.15, -0.1) is 0 Å². The first-order chi connectivity index (χ1) is 11.1. The van der Waals surface area contributed by atoms with Crippen LogP contribution in [-0.4, -0.2) is 16.8 Å². The summed E-state index contributed by atoms with van der Waals surface area (Å²) in [5.41, 5.74) is 5.88. The molecule has 23 heavy (non-hydrogen) atoms. The largest absolute Gasteiger partial charge is 0.329 e. The monoisotopic (exact) mass is 305 g/mol. The molecule has 2 aliphatic rings. The Morgan fingerprint density at radius 2 is 1.83 bits per heavy atom. The van der Waals surface area contributed by atoms with E-state index in [1.807, 2.05) is 13.0 Å². The third-order valence-electron chi connectivity index (χ3n) is 5.24. The van der Waals surface area contributed by atoms with E-state index in [0.717, 1.165) is 42.4 Å². The molecule has 2 aromatic rings.